The summed E-state index contributed by atoms with van der Waals surface area (Å²) in [5.41, 5.74) is 3.53. The number of benzene rings is 2. The second-order valence-electron chi connectivity index (χ2n) is 6.79. The number of ether oxygens (including phenoxy) is 2. The fourth-order valence-corrected chi connectivity index (χ4v) is 3.09. The molecule has 32 heavy (non-hydrogen) atoms. The van der Waals surface area contributed by atoms with E-state index in [2.05, 4.69) is 15.8 Å². The molecule has 3 aromatic rings. The Bertz CT molecular complexity index is 1180. The van der Waals surface area contributed by atoms with Crippen LogP contribution in [0.5, 0.6) is 11.5 Å². The van der Waals surface area contributed by atoms with Crippen LogP contribution in [0.15, 0.2) is 47.5 Å². The zero-order chi connectivity index (χ0) is 23.3. The largest absolute Gasteiger partial charge is 0.493 e. The maximum Gasteiger partial charge on any atom is 0.418 e. The second-order valence-corrected chi connectivity index (χ2v) is 6.79. The molecule has 0 saturated carbocycles. The van der Waals surface area contributed by atoms with E-state index in [9.17, 15) is 22.8 Å². The highest BCUT2D eigenvalue weighted by atomic mass is 19.4. The molecule has 1 heterocycles. The fraction of sp³-hybridized carbons (Fsp3) is 0.286. The monoisotopic (exact) mass is 450 g/mol. The smallest absolute Gasteiger partial charge is 0.418 e. The van der Waals surface area contributed by atoms with E-state index in [0.717, 1.165) is 6.07 Å². The number of rotatable bonds is 8. The summed E-state index contributed by atoms with van der Waals surface area (Å²) >= 11 is 0. The molecular formula is C21H21F3N4O4. The number of carbonyl (C=O) groups is 1. The number of nitrogens with zero attached hydrogens (tertiary/aromatic N) is 2. The van der Waals surface area contributed by atoms with Gasteiger partial charge in [0.15, 0.2) is 11.5 Å². The standard InChI is InChI=1S/C21H21F3N4O4/c1-31-17-10-13-16(11-18(17)32-2)25-12-28(20(13)30)9-5-8-19(29)27-26-15-7-4-3-6-14(15)21(22,23)24/h3-4,6-7,10-12,26H,5,8-9H2,1-2H3,(H,27,29). The predicted octanol–water partition coefficient (Wildman–Crippen LogP) is 3.36. The van der Waals surface area contributed by atoms with Gasteiger partial charge in [0.25, 0.3) is 5.56 Å². The number of methoxy groups -OCH3 is 2. The first-order valence-corrected chi connectivity index (χ1v) is 9.57. The summed E-state index contributed by atoms with van der Waals surface area (Å²) in [6.07, 6.45) is -2.93. The highest BCUT2D eigenvalue weighted by Crippen LogP contribution is 2.34. The van der Waals surface area contributed by atoms with Crippen molar-refractivity contribution in [2.45, 2.75) is 25.6 Å². The Morgan fingerprint density at radius 3 is 2.50 bits per heavy atom. The average Bonchev–Trinajstić information content (AvgIpc) is 2.78. The summed E-state index contributed by atoms with van der Waals surface area (Å²) in [5.74, 6) is 0.317. The van der Waals surface area contributed by atoms with Crippen LogP contribution in [0, 0.1) is 0 Å². The van der Waals surface area contributed by atoms with Crippen LogP contribution in [0.2, 0.25) is 0 Å². The van der Waals surface area contributed by atoms with Crippen LogP contribution < -0.4 is 25.9 Å². The third-order valence-electron chi connectivity index (χ3n) is 4.70. The van der Waals surface area contributed by atoms with Gasteiger partial charge in [-0.1, -0.05) is 12.1 Å². The number of hydrogen-bond donors (Lipinski definition) is 2. The van der Waals surface area contributed by atoms with E-state index in [4.69, 9.17) is 9.47 Å². The number of para-hydroxylation sites is 1. The van der Waals surface area contributed by atoms with E-state index >= 15 is 0 Å². The lowest BCUT2D eigenvalue weighted by Gasteiger charge is -2.15. The molecule has 0 aliphatic carbocycles. The summed E-state index contributed by atoms with van der Waals surface area (Å²) in [4.78, 5) is 29.0. The molecule has 2 aromatic carbocycles. The molecule has 0 fully saturated rings. The van der Waals surface area contributed by atoms with Gasteiger partial charge in [-0.2, -0.15) is 13.2 Å². The maximum absolute atomic E-state index is 13.0. The second kappa shape index (κ2) is 9.58. The number of hydrazine groups is 1. The van der Waals surface area contributed by atoms with Crippen LogP contribution >= 0.6 is 0 Å². The minimum absolute atomic E-state index is 0.0163. The minimum Gasteiger partial charge on any atom is -0.493 e. The van der Waals surface area contributed by atoms with E-state index in [1.807, 2.05) is 0 Å². The lowest BCUT2D eigenvalue weighted by atomic mass is 10.2. The topological polar surface area (TPSA) is 94.5 Å². The Hall–Kier alpha value is -3.76. The van der Waals surface area contributed by atoms with E-state index < -0.39 is 17.6 Å². The van der Waals surface area contributed by atoms with Crippen molar-refractivity contribution in [3.05, 3.63) is 58.6 Å². The number of aromatic nitrogens is 2. The molecule has 0 atom stereocenters. The van der Waals surface area contributed by atoms with Crippen molar-refractivity contribution in [2.75, 3.05) is 19.6 Å². The van der Waals surface area contributed by atoms with Gasteiger partial charge >= 0.3 is 6.18 Å². The molecule has 8 nitrogen and oxygen atoms in total. The van der Waals surface area contributed by atoms with Crippen LogP contribution in [-0.2, 0) is 17.5 Å². The van der Waals surface area contributed by atoms with E-state index in [1.54, 1.807) is 6.07 Å². The highest BCUT2D eigenvalue weighted by molar-refractivity contribution is 5.81. The van der Waals surface area contributed by atoms with Gasteiger partial charge in [0.05, 0.1) is 42.7 Å². The molecule has 0 spiro atoms. The van der Waals surface area contributed by atoms with E-state index in [-0.39, 0.29) is 30.6 Å². The van der Waals surface area contributed by atoms with Gasteiger partial charge in [-0.05, 0) is 24.6 Å². The third-order valence-corrected chi connectivity index (χ3v) is 4.70. The van der Waals surface area contributed by atoms with Crippen LogP contribution in [0.25, 0.3) is 10.9 Å². The lowest BCUT2D eigenvalue weighted by Crippen LogP contribution is -2.31. The van der Waals surface area contributed by atoms with E-state index in [0.29, 0.717) is 22.4 Å². The number of aryl methyl sites for hydroxylation is 1. The molecule has 0 bridgehead atoms. The van der Waals surface area contributed by atoms with Gasteiger partial charge in [0, 0.05) is 19.0 Å². The maximum atomic E-state index is 13.0. The van der Waals surface area contributed by atoms with E-state index in [1.165, 1.54) is 49.4 Å². The third kappa shape index (κ3) is 5.10. The van der Waals surface area contributed by atoms with Crippen molar-refractivity contribution >= 4 is 22.5 Å². The van der Waals surface area contributed by atoms with Gasteiger partial charge in [-0.3, -0.25) is 25.0 Å². The molecule has 2 N–H and O–H groups in total. The van der Waals surface area contributed by atoms with Crippen molar-refractivity contribution < 1.29 is 27.4 Å². The number of alkyl halides is 3. The number of hydrogen-bond acceptors (Lipinski definition) is 6. The van der Waals surface area contributed by atoms with Crippen LogP contribution in [-0.4, -0.2) is 29.7 Å². The first-order chi connectivity index (χ1) is 15.2. The average molecular weight is 450 g/mol. The van der Waals surface area contributed by atoms with Crippen molar-refractivity contribution in [3.8, 4) is 11.5 Å². The molecule has 1 amide bonds. The number of fused-ring (bicyclic) bond motifs is 1. The molecule has 3 rings (SSSR count). The van der Waals surface area contributed by atoms with Crippen molar-refractivity contribution in [1.29, 1.82) is 0 Å². The molecule has 0 aliphatic heterocycles. The first kappa shape index (κ1) is 22.9. The zero-order valence-electron chi connectivity index (χ0n) is 17.3. The fourth-order valence-electron chi connectivity index (χ4n) is 3.09. The summed E-state index contributed by atoms with van der Waals surface area (Å²) in [5, 5.41) is 0.333. The Morgan fingerprint density at radius 2 is 1.81 bits per heavy atom. The van der Waals surface area contributed by atoms with Gasteiger partial charge in [0.2, 0.25) is 5.91 Å². The molecular weight excluding hydrogens is 429 g/mol. The molecule has 0 aliphatic rings. The summed E-state index contributed by atoms with van der Waals surface area (Å²) < 4.78 is 50.8. The molecule has 0 saturated heterocycles. The normalized spacial score (nSPS) is 11.3. The summed E-state index contributed by atoms with van der Waals surface area (Å²) in [6, 6.07) is 7.95. The Morgan fingerprint density at radius 1 is 1.12 bits per heavy atom. The number of carbonyl (C=O) groups excluding carboxylic acids is 1. The Labute approximate surface area is 180 Å². The van der Waals surface area contributed by atoms with Gasteiger partial charge in [-0.15, -0.1) is 0 Å². The molecule has 170 valence electrons. The SMILES string of the molecule is COc1cc2ncn(CCCC(=O)NNc3ccccc3C(F)(F)F)c(=O)c2cc1OC. The number of amides is 1. The van der Waals surface area contributed by atoms with Gasteiger partial charge in [-0.25, -0.2) is 4.98 Å². The number of anilines is 1. The first-order valence-electron chi connectivity index (χ1n) is 9.57. The van der Waals surface area contributed by atoms with Crippen molar-refractivity contribution in [2.24, 2.45) is 0 Å². The van der Waals surface area contributed by atoms with Crippen LogP contribution in [0.4, 0.5) is 18.9 Å². The summed E-state index contributed by atoms with van der Waals surface area (Å²) in [6.45, 7) is 0.197. The zero-order valence-corrected chi connectivity index (χ0v) is 17.3. The van der Waals surface area contributed by atoms with Crippen molar-refractivity contribution in [3.63, 3.8) is 0 Å². The molecule has 11 heteroatoms. The molecule has 1 aromatic heterocycles. The molecule has 0 radical (unpaired) electrons. The lowest BCUT2D eigenvalue weighted by molar-refractivity contribution is -0.137. The Balaban J connectivity index is 1.61. The highest BCUT2D eigenvalue weighted by Gasteiger charge is 2.33. The Kier molecular flexibility index (Phi) is 6.86. The molecule has 0 unspecified atom stereocenters. The van der Waals surface area contributed by atoms with Crippen LogP contribution in [0.3, 0.4) is 0 Å². The van der Waals surface area contributed by atoms with Gasteiger partial charge < -0.3 is 9.47 Å². The number of halogens is 3. The predicted molar refractivity (Wildman–Crippen MR) is 112 cm³/mol. The quantitative estimate of drug-likeness (QED) is 0.511. The van der Waals surface area contributed by atoms with Crippen molar-refractivity contribution in [1.82, 2.24) is 15.0 Å². The number of nitrogens with one attached hydrogen (secondary N) is 2. The minimum atomic E-state index is -4.55. The van der Waals surface area contributed by atoms with Gasteiger partial charge in [0.1, 0.15) is 0 Å². The summed E-state index contributed by atoms with van der Waals surface area (Å²) in [7, 11) is 2.94. The van der Waals surface area contributed by atoms with Crippen LogP contribution in [0.1, 0.15) is 18.4 Å².